The summed E-state index contributed by atoms with van der Waals surface area (Å²) in [5, 5.41) is 4.94. The van der Waals surface area contributed by atoms with Gasteiger partial charge >= 0.3 is 5.97 Å². The topological polar surface area (TPSA) is 56.5 Å². The monoisotopic (exact) mass is 251 g/mol. The third-order valence-electron chi connectivity index (χ3n) is 2.15. The van der Waals surface area contributed by atoms with E-state index in [0.29, 0.717) is 12.2 Å². The summed E-state index contributed by atoms with van der Waals surface area (Å²) in [6.45, 7) is 4.16. The van der Waals surface area contributed by atoms with Crippen molar-refractivity contribution >= 4 is 23.4 Å². The number of nitrogens with zero attached hydrogens (tertiary/aromatic N) is 3. The van der Waals surface area contributed by atoms with Crippen LogP contribution in [0.4, 0.5) is 0 Å². The predicted molar refractivity (Wildman–Crippen MR) is 65.3 cm³/mol. The summed E-state index contributed by atoms with van der Waals surface area (Å²) >= 11 is 1.55. The van der Waals surface area contributed by atoms with Crippen molar-refractivity contribution < 1.29 is 9.53 Å². The molecule has 2 aromatic heterocycles. The van der Waals surface area contributed by atoms with Crippen molar-refractivity contribution in [3.8, 4) is 0 Å². The van der Waals surface area contributed by atoms with Crippen LogP contribution in [0.3, 0.4) is 0 Å². The fraction of sp³-hybridized carbons (Fsp3) is 0.364. The van der Waals surface area contributed by atoms with Gasteiger partial charge in [0.2, 0.25) is 0 Å². The van der Waals surface area contributed by atoms with Crippen LogP contribution in [0.15, 0.2) is 23.5 Å². The van der Waals surface area contributed by atoms with Crippen molar-refractivity contribution in [2.24, 2.45) is 0 Å². The molecule has 0 aromatic carbocycles. The van der Waals surface area contributed by atoms with Gasteiger partial charge in [0.1, 0.15) is 10.6 Å². The molecule has 90 valence electrons. The van der Waals surface area contributed by atoms with Crippen molar-refractivity contribution in [3.05, 3.63) is 24.0 Å². The molecule has 2 heterocycles. The lowest BCUT2D eigenvalue weighted by atomic mass is 10.3. The second kappa shape index (κ2) is 5.18. The smallest absolute Gasteiger partial charge is 0.342 e. The molecule has 2 aromatic rings. The lowest BCUT2D eigenvalue weighted by Gasteiger charge is -2.08. The Morgan fingerprint density at radius 2 is 2.35 bits per heavy atom. The fourth-order valence-electron chi connectivity index (χ4n) is 1.48. The molecule has 0 aliphatic carbocycles. The van der Waals surface area contributed by atoms with Crippen LogP contribution >= 0.6 is 11.8 Å². The minimum Gasteiger partial charge on any atom is -0.462 e. The number of fused-ring (bicyclic) bond motifs is 1. The summed E-state index contributed by atoms with van der Waals surface area (Å²) in [5.74, 6) is 0.499. The van der Waals surface area contributed by atoms with Gasteiger partial charge in [-0.05, 0) is 12.7 Å². The molecule has 0 aliphatic heterocycles. The van der Waals surface area contributed by atoms with Gasteiger partial charge in [0.15, 0.2) is 5.65 Å². The van der Waals surface area contributed by atoms with Crippen LogP contribution in [-0.2, 0) is 4.74 Å². The molecule has 6 heteroatoms. The molecule has 0 bridgehead atoms. The molecule has 0 atom stereocenters. The molecular formula is C11H13N3O2S. The number of carbonyl (C=O) groups excluding carboxylic acids is 1. The first-order valence-corrected chi connectivity index (χ1v) is 6.39. The zero-order valence-corrected chi connectivity index (χ0v) is 10.5. The number of hydrogen-bond acceptors (Lipinski definition) is 5. The molecule has 0 fully saturated rings. The van der Waals surface area contributed by atoms with E-state index in [1.54, 1.807) is 41.7 Å². The van der Waals surface area contributed by atoms with E-state index in [9.17, 15) is 4.79 Å². The lowest BCUT2D eigenvalue weighted by molar-refractivity contribution is 0.0520. The van der Waals surface area contributed by atoms with Crippen molar-refractivity contribution in [2.75, 3.05) is 12.4 Å². The van der Waals surface area contributed by atoms with E-state index >= 15 is 0 Å². The average Bonchev–Trinajstić information content (AvgIpc) is 2.78. The van der Waals surface area contributed by atoms with Gasteiger partial charge < -0.3 is 4.74 Å². The SMILES string of the molecule is CCOC(=O)c1cnc2ccnn2c1SCC. The molecule has 0 unspecified atom stereocenters. The van der Waals surface area contributed by atoms with Gasteiger partial charge in [0.25, 0.3) is 0 Å². The molecule has 0 saturated carbocycles. The van der Waals surface area contributed by atoms with Gasteiger partial charge in [0, 0.05) is 12.3 Å². The van der Waals surface area contributed by atoms with Gasteiger partial charge in [-0.2, -0.15) is 5.10 Å². The third kappa shape index (κ3) is 2.26. The minimum absolute atomic E-state index is 0.353. The van der Waals surface area contributed by atoms with E-state index in [1.807, 2.05) is 6.92 Å². The van der Waals surface area contributed by atoms with E-state index in [4.69, 9.17) is 4.74 Å². The van der Waals surface area contributed by atoms with Gasteiger partial charge in [-0.25, -0.2) is 14.3 Å². The summed E-state index contributed by atoms with van der Waals surface area (Å²) in [5.41, 5.74) is 1.20. The molecule has 5 nitrogen and oxygen atoms in total. The normalized spacial score (nSPS) is 10.7. The van der Waals surface area contributed by atoms with Crippen LogP contribution in [0.5, 0.6) is 0 Å². The van der Waals surface area contributed by atoms with Crippen LogP contribution in [0, 0.1) is 0 Å². The molecule has 0 spiro atoms. The number of thioether (sulfide) groups is 1. The fourth-order valence-corrected chi connectivity index (χ4v) is 2.30. The molecule has 0 aliphatic rings. The Labute approximate surface area is 103 Å². The van der Waals surface area contributed by atoms with E-state index < -0.39 is 0 Å². The average molecular weight is 251 g/mol. The Kier molecular flexibility index (Phi) is 3.63. The number of hydrogen-bond donors (Lipinski definition) is 0. The Bertz CT molecular complexity index is 538. The van der Waals surface area contributed by atoms with Crippen molar-refractivity contribution in [3.63, 3.8) is 0 Å². The number of ether oxygens (including phenoxy) is 1. The highest BCUT2D eigenvalue weighted by atomic mass is 32.2. The zero-order valence-electron chi connectivity index (χ0n) is 9.71. The number of carbonyl (C=O) groups is 1. The standard InChI is InChI=1S/C11H13N3O2S/c1-3-16-11(15)8-7-12-9-5-6-13-14(9)10(8)17-4-2/h5-7H,3-4H2,1-2H3. The third-order valence-corrected chi connectivity index (χ3v) is 3.10. The highest BCUT2D eigenvalue weighted by Crippen LogP contribution is 2.23. The van der Waals surface area contributed by atoms with Crippen LogP contribution in [0.25, 0.3) is 5.65 Å². The first-order valence-electron chi connectivity index (χ1n) is 5.40. The molecule has 2 rings (SSSR count). The molecule has 0 amide bonds. The first kappa shape index (κ1) is 11.9. The van der Waals surface area contributed by atoms with E-state index in [-0.39, 0.29) is 5.97 Å². The summed E-state index contributed by atoms with van der Waals surface area (Å²) in [6.07, 6.45) is 3.21. The van der Waals surface area contributed by atoms with Crippen molar-refractivity contribution in [1.29, 1.82) is 0 Å². The zero-order chi connectivity index (χ0) is 12.3. The van der Waals surface area contributed by atoms with Crippen LogP contribution in [-0.4, -0.2) is 32.9 Å². The quantitative estimate of drug-likeness (QED) is 0.472. The van der Waals surface area contributed by atoms with Gasteiger partial charge in [0.05, 0.1) is 12.8 Å². The number of esters is 1. The first-order chi connectivity index (χ1) is 8.27. The number of aromatic nitrogens is 3. The van der Waals surface area contributed by atoms with Crippen LogP contribution in [0.2, 0.25) is 0 Å². The predicted octanol–water partition coefficient (Wildman–Crippen LogP) is 2.02. The Balaban J connectivity index is 2.53. The molecular weight excluding hydrogens is 238 g/mol. The molecule has 17 heavy (non-hydrogen) atoms. The summed E-state index contributed by atoms with van der Waals surface area (Å²) < 4.78 is 6.67. The van der Waals surface area contributed by atoms with Crippen LogP contribution in [0.1, 0.15) is 24.2 Å². The van der Waals surface area contributed by atoms with E-state index in [1.165, 1.54) is 0 Å². The van der Waals surface area contributed by atoms with Crippen LogP contribution < -0.4 is 0 Å². The maximum absolute atomic E-state index is 11.8. The Morgan fingerprint density at radius 3 is 3.06 bits per heavy atom. The Hall–Kier alpha value is -1.56. The highest BCUT2D eigenvalue weighted by molar-refractivity contribution is 7.99. The minimum atomic E-state index is -0.353. The van der Waals surface area contributed by atoms with Crippen molar-refractivity contribution in [1.82, 2.24) is 14.6 Å². The van der Waals surface area contributed by atoms with E-state index in [0.717, 1.165) is 16.4 Å². The Morgan fingerprint density at radius 1 is 1.53 bits per heavy atom. The van der Waals surface area contributed by atoms with Crippen molar-refractivity contribution in [2.45, 2.75) is 18.9 Å². The second-order valence-corrected chi connectivity index (χ2v) is 4.48. The molecule has 0 saturated heterocycles. The van der Waals surface area contributed by atoms with Gasteiger partial charge in [-0.15, -0.1) is 11.8 Å². The summed E-state index contributed by atoms with van der Waals surface area (Å²) in [7, 11) is 0. The second-order valence-electron chi connectivity index (χ2n) is 3.23. The molecule has 0 N–H and O–H groups in total. The maximum Gasteiger partial charge on any atom is 0.342 e. The number of rotatable bonds is 4. The van der Waals surface area contributed by atoms with Gasteiger partial charge in [-0.3, -0.25) is 0 Å². The lowest BCUT2D eigenvalue weighted by Crippen LogP contribution is -2.10. The highest BCUT2D eigenvalue weighted by Gasteiger charge is 2.17. The van der Waals surface area contributed by atoms with Gasteiger partial charge in [-0.1, -0.05) is 6.92 Å². The van der Waals surface area contributed by atoms with E-state index in [2.05, 4.69) is 10.1 Å². The largest absolute Gasteiger partial charge is 0.462 e. The summed E-state index contributed by atoms with van der Waals surface area (Å²) in [6, 6.07) is 1.80. The summed E-state index contributed by atoms with van der Waals surface area (Å²) in [4.78, 5) is 16.0. The molecule has 0 radical (unpaired) electrons. The maximum atomic E-state index is 11.8.